The minimum absolute atomic E-state index is 0.0207. The Morgan fingerprint density at radius 3 is 2.34 bits per heavy atom. The summed E-state index contributed by atoms with van der Waals surface area (Å²) >= 11 is 0. The summed E-state index contributed by atoms with van der Waals surface area (Å²) in [5.41, 5.74) is 1.58. The van der Waals surface area contributed by atoms with E-state index in [-0.39, 0.29) is 11.4 Å². The number of piperidine rings is 1. The first-order chi connectivity index (χ1) is 14.0. The minimum Gasteiger partial charge on any atom is -0.493 e. The Kier molecular flexibility index (Phi) is 6.77. The molecule has 1 atom stereocenters. The van der Waals surface area contributed by atoms with E-state index in [4.69, 9.17) is 9.47 Å². The van der Waals surface area contributed by atoms with E-state index in [1.54, 1.807) is 21.1 Å². The van der Waals surface area contributed by atoms with E-state index in [2.05, 4.69) is 22.3 Å². The van der Waals surface area contributed by atoms with Crippen molar-refractivity contribution in [1.82, 2.24) is 10.2 Å². The highest BCUT2D eigenvalue weighted by atomic mass is 16.5. The van der Waals surface area contributed by atoms with Crippen LogP contribution < -0.4 is 14.8 Å². The van der Waals surface area contributed by atoms with E-state index in [9.17, 15) is 9.90 Å². The smallest absolute Gasteiger partial charge is 0.217 e. The van der Waals surface area contributed by atoms with Crippen LogP contribution in [-0.4, -0.2) is 49.8 Å². The predicted molar refractivity (Wildman–Crippen MR) is 112 cm³/mol. The van der Waals surface area contributed by atoms with Crippen molar-refractivity contribution in [1.29, 1.82) is 0 Å². The van der Waals surface area contributed by atoms with Gasteiger partial charge in [-0.1, -0.05) is 36.4 Å². The Balaban J connectivity index is 1.67. The van der Waals surface area contributed by atoms with Gasteiger partial charge in [0.25, 0.3) is 0 Å². The van der Waals surface area contributed by atoms with E-state index in [1.807, 2.05) is 36.4 Å². The molecule has 0 bridgehead atoms. The molecule has 1 saturated heterocycles. The predicted octanol–water partition coefficient (Wildman–Crippen LogP) is 2.86. The van der Waals surface area contributed by atoms with E-state index in [0.29, 0.717) is 18.0 Å². The van der Waals surface area contributed by atoms with Gasteiger partial charge >= 0.3 is 0 Å². The number of likely N-dealkylation sites (tertiary alicyclic amines) is 1. The Hall–Kier alpha value is -2.57. The number of nitrogens with zero attached hydrogens (tertiary/aromatic N) is 1. The fraction of sp³-hybridized carbons (Fsp3) is 0.435. The monoisotopic (exact) mass is 398 g/mol. The summed E-state index contributed by atoms with van der Waals surface area (Å²) in [6.45, 7) is 3.68. The molecule has 1 aliphatic rings. The highest BCUT2D eigenvalue weighted by Gasteiger charge is 2.37. The number of ether oxygens (including phenoxy) is 2. The molecule has 0 radical (unpaired) electrons. The standard InChI is InChI=1S/C23H30N2O4/c1-17(26)24-23(19-7-5-4-6-8-19)11-13-25(14-12-23)16-20(27)18-9-10-21(28-2)22(15-18)29-3/h4-10,15,20,27H,11-14,16H2,1-3H3,(H,24,26). The van der Waals surface area contributed by atoms with Gasteiger partial charge in [-0.25, -0.2) is 0 Å². The second-order valence-corrected chi connectivity index (χ2v) is 7.56. The molecular formula is C23H30N2O4. The first kappa shape index (κ1) is 21.1. The Morgan fingerprint density at radius 2 is 1.76 bits per heavy atom. The highest BCUT2D eigenvalue weighted by Crippen LogP contribution is 2.34. The largest absolute Gasteiger partial charge is 0.493 e. The van der Waals surface area contributed by atoms with Crippen molar-refractivity contribution in [3.63, 3.8) is 0 Å². The molecule has 2 N–H and O–H groups in total. The van der Waals surface area contributed by atoms with Gasteiger partial charge in [-0.3, -0.25) is 4.79 Å². The SMILES string of the molecule is COc1ccc(C(O)CN2CCC(NC(C)=O)(c3ccccc3)CC2)cc1OC. The van der Waals surface area contributed by atoms with Gasteiger partial charge in [0.1, 0.15) is 0 Å². The Labute approximate surface area is 172 Å². The van der Waals surface area contributed by atoms with Crippen LogP contribution >= 0.6 is 0 Å². The van der Waals surface area contributed by atoms with Crippen LogP contribution in [0.15, 0.2) is 48.5 Å². The molecule has 1 heterocycles. The topological polar surface area (TPSA) is 71.0 Å². The third-order valence-corrected chi connectivity index (χ3v) is 5.67. The molecule has 0 saturated carbocycles. The molecule has 0 aliphatic carbocycles. The maximum absolute atomic E-state index is 11.9. The van der Waals surface area contributed by atoms with Gasteiger partial charge in [-0.05, 0) is 36.1 Å². The molecule has 0 aromatic heterocycles. The van der Waals surface area contributed by atoms with Crippen LogP contribution in [0.4, 0.5) is 0 Å². The van der Waals surface area contributed by atoms with Crippen molar-refractivity contribution >= 4 is 5.91 Å². The molecule has 0 spiro atoms. The third kappa shape index (κ3) is 4.89. The van der Waals surface area contributed by atoms with Crippen molar-refractivity contribution in [2.45, 2.75) is 31.4 Å². The van der Waals surface area contributed by atoms with Crippen molar-refractivity contribution in [2.24, 2.45) is 0 Å². The van der Waals surface area contributed by atoms with E-state index in [1.165, 1.54) is 0 Å². The molecule has 1 unspecified atom stereocenters. The minimum atomic E-state index is -0.625. The lowest BCUT2D eigenvalue weighted by Crippen LogP contribution is -2.53. The Morgan fingerprint density at radius 1 is 1.10 bits per heavy atom. The van der Waals surface area contributed by atoms with Gasteiger partial charge in [0.05, 0.1) is 25.9 Å². The van der Waals surface area contributed by atoms with Gasteiger partial charge < -0.3 is 24.8 Å². The van der Waals surface area contributed by atoms with Crippen molar-refractivity contribution < 1.29 is 19.4 Å². The quantitative estimate of drug-likeness (QED) is 0.751. The van der Waals surface area contributed by atoms with Crippen LogP contribution in [0, 0.1) is 0 Å². The number of methoxy groups -OCH3 is 2. The fourth-order valence-electron chi connectivity index (χ4n) is 4.11. The van der Waals surface area contributed by atoms with Gasteiger partial charge in [0.15, 0.2) is 11.5 Å². The zero-order valence-electron chi connectivity index (χ0n) is 17.4. The molecule has 2 aromatic carbocycles. The number of aliphatic hydroxyl groups is 1. The lowest BCUT2D eigenvalue weighted by molar-refractivity contribution is -0.121. The molecule has 6 heteroatoms. The van der Waals surface area contributed by atoms with Crippen LogP contribution in [0.3, 0.4) is 0 Å². The number of benzene rings is 2. The second kappa shape index (κ2) is 9.29. The van der Waals surface area contributed by atoms with Crippen molar-refractivity contribution in [2.75, 3.05) is 33.9 Å². The van der Waals surface area contributed by atoms with Gasteiger partial charge in [-0.15, -0.1) is 0 Å². The maximum Gasteiger partial charge on any atom is 0.217 e. The van der Waals surface area contributed by atoms with Crippen molar-refractivity contribution in [3.8, 4) is 11.5 Å². The first-order valence-electron chi connectivity index (χ1n) is 9.94. The first-order valence-corrected chi connectivity index (χ1v) is 9.94. The summed E-state index contributed by atoms with van der Waals surface area (Å²) in [7, 11) is 3.18. The molecule has 2 aromatic rings. The van der Waals surface area contributed by atoms with E-state index < -0.39 is 6.10 Å². The number of hydrogen-bond donors (Lipinski definition) is 2. The number of hydrogen-bond acceptors (Lipinski definition) is 5. The number of aliphatic hydroxyl groups excluding tert-OH is 1. The maximum atomic E-state index is 11.9. The summed E-state index contributed by atoms with van der Waals surface area (Å²) in [5, 5.41) is 13.9. The molecule has 6 nitrogen and oxygen atoms in total. The molecule has 1 fully saturated rings. The number of nitrogens with one attached hydrogen (secondary N) is 1. The zero-order chi connectivity index (χ0) is 20.9. The number of amides is 1. The lowest BCUT2D eigenvalue weighted by Gasteiger charge is -2.43. The molecule has 29 heavy (non-hydrogen) atoms. The number of rotatable bonds is 7. The van der Waals surface area contributed by atoms with Crippen LogP contribution in [0.2, 0.25) is 0 Å². The van der Waals surface area contributed by atoms with Gasteiger partial charge in [-0.2, -0.15) is 0 Å². The molecule has 3 rings (SSSR count). The zero-order valence-corrected chi connectivity index (χ0v) is 17.4. The Bertz CT molecular complexity index is 817. The second-order valence-electron chi connectivity index (χ2n) is 7.56. The molecule has 156 valence electrons. The summed E-state index contributed by atoms with van der Waals surface area (Å²) < 4.78 is 10.6. The average molecular weight is 399 g/mol. The van der Waals surface area contributed by atoms with Crippen LogP contribution in [0.25, 0.3) is 0 Å². The summed E-state index contributed by atoms with van der Waals surface area (Å²) in [5.74, 6) is 1.23. The van der Waals surface area contributed by atoms with Gasteiger partial charge in [0.2, 0.25) is 5.91 Å². The normalized spacial score (nSPS) is 17.4. The van der Waals surface area contributed by atoms with Crippen LogP contribution in [-0.2, 0) is 10.3 Å². The molecular weight excluding hydrogens is 368 g/mol. The van der Waals surface area contributed by atoms with Gasteiger partial charge in [0, 0.05) is 26.6 Å². The van der Waals surface area contributed by atoms with Crippen molar-refractivity contribution in [3.05, 3.63) is 59.7 Å². The average Bonchev–Trinajstić information content (AvgIpc) is 2.75. The number of β-amino-alcohol motifs (C(OH)–C–C–N with tert-alkyl or cyclic N) is 1. The third-order valence-electron chi connectivity index (χ3n) is 5.67. The van der Waals surface area contributed by atoms with E-state index in [0.717, 1.165) is 37.1 Å². The molecule has 1 aliphatic heterocycles. The molecule has 1 amide bonds. The fourth-order valence-corrected chi connectivity index (χ4v) is 4.11. The lowest BCUT2D eigenvalue weighted by atomic mass is 9.80. The van der Waals surface area contributed by atoms with E-state index >= 15 is 0 Å². The summed E-state index contributed by atoms with van der Waals surface area (Å²) in [4.78, 5) is 14.1. The van der Waals surface area contributed by atoms with Crippen LogP contribution in [0.1, 0.15) is 37.0 Å². The highest BCUT2D eigenvalue weighted by molar-refractivity contribution is 5.74. The summed E-state index contributed by atoms with van der Waals surface area (Å²) in [6, 6.07) is 15.6. The number of carbonyl (C=O) groups excluding carboxylic acids is 1. The summed E-state index contributed by atoms with van der Waals surface area (Å²) in [6.07, 6.45) is 0.976. The van der Waals surface area contributed by atoms with Crippen LogP contribution in [0.5, 0.6) is 11.5 Å². The number of carbonyl (C=O) groups is 1.